The Bertz CT molecular complexity index is 2540. The molecular formula is C47H32BN3. The Kier molecular flexibility index (Phi) is 6.92. The van der Waals surface area contributed by atoms with E-state index in [2.05, 4.69) is 191 Å². The molecule has 0 N–H and O–H groups in total. The molecule has 0 unspecified atom stereocenters. The van der Waals surface area contributed by atoms with E-state index >= 15 is 0 Å². The van der Waals surface area contributed by atoms with Crippen LogP contribution < -0.4 is 26.2 Å². The van der Waals surface area contributed by atoms with Gasteiger partial charge in [-0.2, -0.15) is 0 Å². The quantitative estimate of drug-likeness (QED) is 0.173. The Morgan fingerprint density at radius 3 is 1.73 bits per heavy atom. The lowest BCUT2D eigenvalue weighted by molar-refractivity contribution is 1.25. The topological polar surface area (TPSA) is 19.4 Å². The third kappa shape index (κ3) is 4.79. The van der Waals surface area contributed by atoms with Crippen LogP contribution in [0.5, 0.6) is 0 Å². The number of benzene rings is 7. The molecular weight excluding hydrogens is 617 g/mol. The van der Waals surface area contributed by atoms with Crippen LogP contribution in [0.3, 0.4) is 0 Å². The van der Waals surface area contributed by atoms with Crippen LogP contribution in [-0.4, -0.2) is 11.7 Å². The van der Waals surface area contributed by atoms with E-state index in [0.717, 1.165) is 22.5 Å². The fourth-order valence-electron chi connectivity index (χ4n) is 8.11. The molecule has 238 valence electrons. The number of hydrogen-bond donors (Lipinski definition) is 0. The number of fused-ring (bicyclic) bond motifs is 4. The predicted molar refractivity (Wildman–Crippen MR) is 215 cm³/mol. The second-order valence-corrected chi connectivity index (χ2v) is 13.2. The summed E-state index contributed by atoms with van der Waals surface area (Å²) in [5.74, 6) is 0. The average Bonchev–Trinajstić information content (AvgIpc) is 3.21. The van der Waals surface area contributed by atoms with Gasteiger partial charge in [-0.3, -0.25) is 4.98 Å². The molecule has 0 amide bonds. The summed E-state index contributed by atoms with van der Waals surface area (Å²) in [5.41, 5.74) is 17.9. The van der Waals surface area contributed by atoms with Gasteiger partial charge in [-0.05, 0) is 87.2 Å². The van der Waals surface area contributed by atoms with Gasteiger partial charge in [-0.25, -0.2) is 0 Å². The minimum absolute atomic E-state index is 0.0212. The van der Waals surface area contributed by atoms with Gasteiger partial charge in [-0.15, -0.1) is 0 Å². The third-order valence-corrected chi connectivity index (χ3v) is 10.3. The number of anilines is 6. The van der Waals surface area contributed by atoms with Crippen LogP contribution in [0.4, 0.5) is 34.1 Å². The molecule has 3 nitrogen and oxygen atoms in total. The van der Waals surface area contributed by atoms with Crippen molar-refractivity contribution in [2.75, 3.05) is 9.80 Å². The number of rotatable bonds is 5. The molecule has 0 atom stereocenters. The molecule has 0 spiro atoms. The zero-order valence-corrected chi connectivity index (χ0v) is 27.9. The summed E-state index contributed by atoms with van der Waals surface area (Å²) in [5, 5.41) is 0. The van der Waals surface area contributed by atoms with E-state index in [4.69, 9.17) is 0 Å². The highest BCUT2D eigenvalue weighted by Crippen LogP contribution is 2.48. The van der Waals surface area contributed by atoms with Gasteiger partial charge >= 0.3 is 0 Å². The Balaban J connectivity index is 1.34. The minimum Gasteiger partial charge on any atom is -0.311 e. The van der Waals surface area contributed by atoms with Gasteiger partial charge in [0.15, 0.2) is 0 Å². The van der Waals surface area contributed by atoms with Gasteiger partial charge < -0.3 is 9.80 Å². The molecule has 0 aliphatic carbocycles. The first-order chi connectivity index (χ1) is 25.3. The summed E-state index contributed by atoms with van der Waals surface area (Å²) in [7, 11) is 0. The molecule has 1 aromatic heterocycles. The summed E-state index contributed by atoms with van der Waals surface area (Å²) in [6.45, 7) is 0.0212. The van der Waals surface area contributed by atoms with Crippen LogP contribution in [-0.2, 0) is 0 Å². The van der Waals surface area contributed by atoms with Gasteiger partial charge in [0, 0.05) is 52.0 Å². The van der Waals surface area contributed by atoms with Crippen molar-refractivity contribution in [3.8, 4) is 33.4 Å². The smallest absolute Gasteiger partial charge is 0.252 e. The molecule has 0 radical (unpaired) electrons. The highest BCUT2D eigenvalue weighted by atomic mass is 15.2. The van der Waals surface area contributed by atoms with Crippen molar-refractivity contribution in [1.82, 2.24) is 4.98 Å². The van der Waals surface area contributed by atoms with Crippen molar-refractivity contribution < 1.29 is 0 Å². The van der Waals surface area contributed by atoms with Crippen LogP contribution in [0.1, 0.15) is 0 Å². The Hall–Kier alpha value is -6.65. The summed E-state index contributed by atoms with van der Waals surface area (Å²) >= 11 is 0. The van der Waals surface area contributed by atoms with Crippen LogP contribution in [0.25, 0.3) is 33.4 Å². The maximum atomic E-state index is 4.55. The number of pyridine rings is 1. The molecule has 0 saturated heterocycles. The van der Waals surface area contributed by atoms with Gasteiger partial charge in [-0.1, -0.05) is 133 Å². The zero-order chi connectivity index (χ0) is 33.7. The van der Waals surface area contributed by atoms with Crippen LogP contribution in [0.15, 0.2) is 194 Å². The Morgan fingerprint density at radius 2 is 0.980 bits per heavy atom. The first-order valence-corrected chi connectivity index (χ1v) is 17.5. The van der Waals surface area contributed by atoms with E-state index in [-0.39, 0.29) is 6.71 Å². The summed E-state index contributed by atoms with van der Waals surface area (Å²) in [4.78, 5) is 9.52. The van der Waals surface area contributed by atoms with Crippen LogP contribution >= 0.6 is 0 Å². The minimum atomic E-state index is 0.0212. The molecule has 0 fully saturated rings. The molecule has 2 aliphatic heterocycles. The molecule has 7 aromatic carbocycles. The SMILES string of the molecule is c1ccc(-c2ccc3c(c2)B2c4ccccc4N(c4ccccc4)c4cc(-c5cccnc5)cc(c42)N3c2ccccc2-c2ccccc2)cc1. The fourth-order valence-corrected chi connectivity index (χ4v) is 8.11. The van der Waals surface area contributed by atoms with E-state index < -0.39 is 0 Å². The van der Waals surface area contributed by atoms with Crippen LogP contribution in [0.2, 0.25) is 0 Å². The summed E-state index contributed by atoms with van der Waals surface area (Å²) < 4.78 is 0. The molecule has 8 aromatic rings. The van der Waals surface area contributed by atoms with Gasteiger partial charge in [0.25, 0.3) is 6.71 Å². The van der Waals surface area contributed by atoms with Crippen LogP contribution in [0, 0.1) is 0 Å². The normalized spacial score (nSPS) is 12.6. The number of aromatic nitrogens is 1. The number of para-hydroxylation sites is 3. The van der Waals surface area contributed by atoms with E-state index in [0.29, 0.717) is 0 Å². The Labute approximate surface area is 298 Å². The molecule has 51 heavy (non-hydrogen) atoms. The summed E-state index contributed by atoms with van der Waals surface area (Å²) in [6.07, 6.45) is 3.82. The molecule has 0 saturated carbocycles. The highest BCUT2D eigenvalue weighted by Gasteiger charge is 2.44. The number of hydrogen-bond acceptors (Lipinski definition) is 3. The van der Waals surface area contributed by atoms with E-state index in [1.165, 1.54) is 61.4 Å². The monoisotopic (exact) mass is 649 g/mol. The lowest BCUT2D eigenvalue weighted by Crippen LogP contribution is -2.61. The fraction of sp³-hybridized carbons (Fsp3) is 0. The standard InChI is InChI=1S/C47H32BN3/c1-4-15-33(16-5-1)35-26-27-44-41(29-35)48-40-23-11-13-25-43(40)50(38-20-8-3-9-21-38)45-30-37(36-19-14-28-49-32-36)31-46(47(45)48)51(44)42-24-12-10-22-39(42)34-17-6-2-7-18-34/h1-32H. The maximum Gasteiger partial charge on any atom is 0.252 e. The molecule has 3 heterocycles. The molecule has 4 heteroatoms. The second kappa shape index (κ2) is 12.0. The highest BCUT2D eigenvalue weighted by molar-refractivity contribution is 7.00. The lowest BCUT2D eigenvalue weighted by Gasteiger charge is -2.45. The molecule has 0 bridgehead atoms. The van der Waals surface area contributed by atoms with Gasteiger partial charge in [0.2, 0.25) is 0 Å². The first kappa shape index (κ1) is 29.3. The van der Waals surface area contributed by atoms with E-state index in [1.807, 2.05) is 18.5 Å². The second-order valence-electron chi connectivity index (χ2n) is 13.2. The van der Waals surface area contributed by atoms with Crippen molar-refractivity contribution in [3.63, 3.8) is 0 Å². The van der Waals surface area contributed by atoms with Crippen molar-refractivity contribution in [3.05, 3.63) is 194 Å². The maximum absolute atomic E-state index is 4.55. The van der Waals surface area contributed by atoms with Gasteiger partial charge in [0.1, 0.15) is 0 Å². The number of nitrogens with zero attached hydrogens (tertiary/aromatic N) is 3. The van der Waals surface area contributed by atoms with E-state index in [1.54, 1.807) is 0 Å². The average molecular weight is 650 g/mol. The molecule has 2 aliphatic rings. The van der Waals surface area contributed by atoms with Crippen molar-refractivity contribution >= 4 is 57.2 Å². The van der Waals surface area contributed by atoms with Gasteiger partial charge in [0.05, 0.1) is 5.69 Å². The van der Waals surface area contributed by atoms with Crippen molar-refractivity contribution in [2.45, 2.75) is 0 Å². The van der Waals surface area contributed by atoms with Crippen molar-refractivity contribution in [2.24, 2.45) is 0 Å². The predicted octanol–water partition coefficient (Wildman–Crippen LogP) is 10.2. The lowest BCUT2D eigenvalue weighted by atomic mass is 9.33. The third-order valence-electron chi connectivity index (χ3n) is 10.3. The summed E-state index contributed by atoms with van der Waals surface area (Å²) in [6, 6.07) is 66.1. The first-order valence-electron chi connectivity index (χ1n) is 17.5. The zero-order valence-electron chi connectivity index (χ0n) is 27.9. The van der Waals surface area contributed by atoms with E-state index in [9.17, 15) is 0 Å². The van der Waals surface area contributed by atoms with Crippen molar-refractivity contribution in [1.29, 1.82) is 0 Å². The molecule has 10 rings (SSSR count). The largest absolute Gasteiger partial charge is 0.311 e. The Morgan fingerprint density at radius 1 is 0.373 bits per heavy atom.